The van der Waals surface area contributed by atoms with Gasteiger partial charge in [0.25, 0.3) is 0 Å². The lowest BCUT2D eigenvalue weighted by Gasteiger charge is -2.10. The first-order valence-electron chi connectivity index (χ1n) is 6.85. The van der Waals surface area contributed by atoms with Gasteiger partial charge in [-0.1, -0.05) is 0 Å². The van der Waals surface area contributed by atoms with E-state index in [-0.39, 0.29) is 0 Å². The minimum Gasteiger partial charge on any atom is -0.310 e. The van der Waals surface area contributed by atoms with E-state index in [4.69, 9.17) is 0 Å². The highest BCUT2D eigenvalue weighted by Gasteiger charge is 2.20. The highest BCUT2D eigenvalue weighted by Crippen LogP contribution is 2.20. The topological polar surface area (TPSA) is 42.7 Å². The van der Waals surface area contributed by atoms with Crippen LogP contribution in [0.1, 0.15) is 35.4 Å². The summed E-state index contributed by atoms with van der Waals surface area (Å²) in [6.07, 6.45) is 6.45. The van der Waals surface area contributed by atoms with Crippen molar-refractivity contribution in [2.24, 2.45) is 0 Å². The molecule has 1 aliphatic carbocycles. The maximum atomic E-state index is 4.60. The molecule has 4 nitrogen and oxygen atoms in total. The number of pyridine rings is 1. The molecular weight excluding hydrogens is 236 g/mol. The SMILES string of the molecule is Cc1cc(CNC2CC2)cnc1-n1cnc(C)c1C. The van der Waals surface area contributed by atoms with E-state index in [9.17, 15) is 0 Å². The Labute approximate surface area is 113 Å². The summed E-state index contributed by atoms with van der Waals surface area (Å²) in [5.41, 5.74) is 4.65. The van der Waals surface area contributed by atoms with Crippen molar-refractivity contribution in [2.75, 3.05) is 0 Å². The highest BCUT2D eigenvalue weighted by atomic mass is 15.1. The number of aryl methyl sites for hydroxylation is 2. The van der Waals surface area contributed by atoms with Gasteiger partial charge in [-0.2, -0.15) is 0 Å². The summed E-state index contributed by atoms with van der Waals surface area (Å²) in [6.45, 7) is 7.12. The molecule has 1 saturated carbocycles. The van der Waals surface area contributed by atoms with Crippen LogP contribution < -0.4 is 5.32 Å². The molecule has 0 aromatic carbocycles. The van der Waals surface area contributed by atoms with Crippen molar-refractivity contribution in [2.45, 2.75) is 46.2 Å². The maximum absolute atomic E-state index is 4.60. The zero-order valence-electron chi connectivity index (χ0n) is 11.8. The zero-order valence-corrected chi connectivity index (χ0v) is 11.8. The number of imidazole rings is 1. The van der Waals surface area contributed by atoms with Crippen molar-refractivity contribution in [1.82, 2.24) is 19.9 Å². The second kappa shape index (κ2) is 4.78. The zero-order chi connectivity index (χ0) is 13.4. The lowest BCUT2D eigenvalue weighted by molar-refractivity contribution is 0.685. The Morgan fingerprint density at radius 2 is 2.05 bits per heavy atom. The standard InChI is InChI=1S/C15H20N4/c1-10-6-13(7-16-14-4-5-14)8-17-15(10)19-9-18-11(2)12(19)3/h6,8-9,14,16H,4-5,7H2,1-3H3. The molecule has 2 aromatic heterocycles. The molecule has 1 N–H and O–H groups in total. The molecule has 0 amide bonds. The Morgan fingerprint density at radius 1 is 1.26 bits per heavy atom. The van der Waals surface area contributed by atoms with Gasteiger partial charge in [0.1, 0.15) is 12.1 Å². The van der Waals surface area contributed by atoms with Gasteiger partial charge < -0.3 is 5.32 Å². The number of hydrogen-bond acceptors (Lipinski definition) is 3. The Morgan fingerprint density at radius 3 is 2.63 bits per heavy atom. The van der Waals surface area contributed by atoms with Gasteiger partial charge in [0.2, 0.25) is 0 Å². The van der Waals surface area contributed by atoms with Crippen LogP contribution in [0.25, 0.3) is 5.82 Å². The van der Waals surface area contributed by atoms with Crippen LogP contribution >= 0.6 is 0 Å². The second-order valence-corrected chi connectivity index (χ2v) is 5.42. The van der Waals surface area contributed by atoms with E-state index in [1.807, 2.05) is 19.4 Å². The number of rotatable bonds is 4. The molecule has 0 unspecified atom stereocenters. The fraction of sp³-hybridized carbons (Fsp3) is 0.467. The van der Waals surface area contributed by atoms with E-state index >= 15 is 0 Å². The quantitative estimate of drug-likeness (QED) is 0.913. The number of nitrogens with zero attached hydrogens (tertiary/aromatic N) is 3. The highest BCUT2D eigenvalue weighted by molar-refractivity contribution is 5.37. The number of aromatic nitrogens is 3. The van der Waals surface area contributed by atoms with Gasteiger partial charge in [-0.25, -0.2) is 9.97 Å². The molecule has 2 heterocycles. The second-order valence-electron chi connectivity index (χ2n) is 5.42. The minimum absolute atomic E-state index is 0.735. The van der Waals surface area contributed by atoms with E-state index in [2.05, 4.69) is 39.8 Å². The van der Waals surface area contributed by atoms with Gasteiger partial charge in [0.15, 0.2) is 0 Å². The Balaban J connectivity index is 1.84. The third-order valence-corrected chi connectivity index (χ3v) is 3.76. The van der Waals surface area contributed by atoms with E-state index < -0.39 is 0 Å². The molecule has 2 aromatic rings. The van der Waals surface area contributed by atoms with Gasteiger partial charge in [0.05, 0.1) is 5.69 Å². The van der Waals surface area contributed by atoms with E-state index in [0.717, 1.165) is 29.8 Å². The molecule has 100 valence electrons. The first-order valence-corrected chi connectivity index (χ1v) is 6.85. The number of nitrogens with one attached hydrogen (secondary N) is 1. The molecule has 0 bridgehead atoms. The van der Waals surface area contributed by atoms with Crippen molar-refractivity contribution in [1.29, 1.82) is 0 Å². The van der Waals surface area contributed by atoms with Crippen molar-refractivity contribution in [3.63, 3.8) is 0 Å². The summed E-state index contributed by atoms with van der Waals surface area (Å²) in [5.74, 6) is 0.980. The van der Waals surface area contributed by atoms with Gasteiger partial charge in [0, 0.05) is 24.5 Å². The summed E-state index contributed by atoms with van der Waals surface area (Å²) in [7, 11) is 0. The van der Waals surface area contributed by atoms with Crippen LogP contribution in [-0.2, 0) is 6.54 Å². The first-order chi connectivity index (χ1) is 9.15. The van der Waals surface area contributed by atoms with Gasteiger partial charge in [-0.3, -0.25) is 4.57 Å². The molecular formula is C15H20N4. The Kier molecular flexibility index (Phi) is 3.11. The van der Waals surface area contributed by atoms with Crippen molar-refractivity contribution >= 4 is 0 Å². The van der Waals surface area contributed by atoms with Gasteiger partial charge in [-0.05, 0) is 50.8 Å². The molecule has 4 heteroatoms. The summed E-state index contributed by atoms with van der Waals surface area (Å²) in [4.78, 5) is 8.94. The summed E-state index contributed by atoms with van der Waals surface area (Å²) >= 11 is 0. The van der Waals surface area contributed by atoms with Crippen LogP contribution in [0.5, 0.6) is 0 Å². The van der Waals surface area contributed by atoms with Crippen LogP contribution in [0.2, 0.25) is 0 Å². The monoisotopic (exact) mass is 256 g/mol. The smallest absolute Gasteiger partial charge is 0.140 e. The van der Waals surface area contributed by atoms with E-state index in [1.165, 1.54) is 24.0 Å². The summed E-state index contributed by atoms with van der Waals surface area (Å²) < 4.78 is 2.06. The molecule has 0 spiro atoms. The van der Waals surface area contributed by atoms with Crippen LogP contribution in [0.4, 0.5) is 0 Å². The molecule has 3 rings (SSSR count). The molecule has 1 fully saturated rings. The molecule has 0 atom stereocenters. The van der Waals surface area contributed by atoms with Gasteiger partial charge in [-0.15, -0.1) is 0 Å². The lowest BCUT2D eigenvalue weighted by atomic mass is 10.2. The van der Waals surface area contributed by atoms with Crippen LogP contribution in [0.15, 0.2) is 18.6 Å². The van der Waals surface area contributed by atoms with Crippen molar-refractivity contribution in [3.05, 3.63) is 41.1 Å². The molecule has 0 radical (unpaired) electrons. The van der Waals surface area contributed by atoms with Crippen LogP contribution in [-0.4, -0.2) is 20.6 Å². The van der Waals surface area contributed by atoms with Crippen molar-refractivity contribution < 1.29 is 0 Å². The molecule has 1 aliphatic rings. The normalized spacial score (nSPS) is 14.9. The molecule has 19 heavy (non-hydrogen) atoms. The van der Waals surface area contributed by atoms with Crippen molar-refractivity contribution in [3.8, 4) is 5.82 Å². The van der Waals surface area contributed by atoms with Crippen LogP contribution in [0.3, 0.4) is 0 Å². The predicted octanol–water partition coefficient (Wildman–Crippen LogP) is 2.44. The fourth-order valence-electron chi connectivity index (χ4n) is 2.24. The molecule has 0 saturated heterocycles. The average molecular weight is 256 g/mol. The third-order valence-electron chi connectivity index (χ3n) is 3.76. The van der Waals surface area contributed by atoms with E-state index in [1.54, 1.807) is 0 Å². The maximum Gasteiger partial charge on any atom is 0.140 e. The van der Waals surface area contributed by atoms with Crippen LogP contribution in [0, 0.1) is 20.8 Å². The third kappa shape index (κ3) is 2.54. The Bertz CT molecular complexity index is 596. The summed E-state index contributed by atoms with van der Waals surface area (Å²) in [5, 5.41) is 3.52. The number of hydrogen-bond donors (Lipinski definition) is 1. The largest absolute Gasteiger partial charge is 0.310 e. The average Bonchev–Trinajstić information content (AvgIpc) is 3.16. The summed E-state index contributed by atoms with van der Waals surface area (Å²) in [6, 6.07) is 2.95. The van der Waals surface area contributed by atoms with Gasteiger partial charge >= 0.3 is 0 Å². The predicted molar refractivity (Wildman–Crippen MR) is 75.4 cm³/mol. The first kappa shape index (κ1) is 12.4. The minimum atomic E-state index is 0.735. The lowest BCUT2D eigenvalue weighted by Crippen LogP contribution is -2.16. The molecule has 0 aliphatic heterocycles. The Hall–Kier alpha value is -1.68. The van der Waals surface area contributed by atoms with E-state index in [0.29, 0.717) is 0 Å². The fourth-order valence-corrected chi connectivity index (χ4v) is 2.24.